The second-order valence-corrected chi connectivity index (χ2v) is 19.2. The van der Waals surface area contributed by atoms with Gasteiger partial charge in [0.15, 0.2) is 8.32 Å². The maximum Gasteiger partial charge on any atom is 0.241 e. The molecule has 0 spiro atoms. The molecule has 1 aliphatic heterocycles. The van der Waals surface area contributed by atoms with Crippen LogP contribution in [0.3, 0.4) is 0 Å². The van der Waals surface area contributed by atoms with Crippen molar-refractivity contribution in [1.29, 1.82) is 0 Å². The number of nitrogens with one attached hydrogen (secondary N) is 2. The van der Waals surface area contributed by atoms with Gasteiger partial charge >= 0.3 is 0 Å². The molecule has 1 aromatic carbocycles. The Morgan fingerprint density at radius 3 is 2.43 bits per heavy atom. The summed E-state index contributed by atoms with van der Waals surface area (Å²) < 4.78 is 36.0. The third-order valence-electron chi connectivity index (χ3n) is 7.80. The van der Waals surface area contributed by atoms with Gasteiger partial charge in [-0.15, -0.1) is 0 Å². The highest BCUT2D eigenvalue weighted by atomic mass is 32.2. The van der Waals surface area contributed by atoms with E-state index in [9.17, 15) is 8.42 Å². The zero-order chi connectivity index (χ0) is 26.0. The highest BCUT2D eigenvalue weighted by Gasteiger charge is 2.41. The monoisotopic (exact) mass is 518 g/mol. The summed E-state index contributed by atoms with van der Waals surface area (Å²) >= 11 is 0. The molecule has 2 heterocycles. The van der Waals surface area contributed by atoms with Gasteiger partial charge in [0.2, 0.25) is 10.0 Å². The average Bonchev–Trinajstić information content (AvgIpc) is 3.37. The van der Waals surface area contributed by atoms with Gasteiger partial charge in [-0.05, 0) is 88.9 Å². The third-order valence-corrected chi connectivity index (χ3v) is 14.0. The molecule has 2 aliphatic rings. The lowest BCUT2D eigenvalue weighted by Crippen LogP contribution is -2.43. The van der Waals surface area contributed by atoms with Crippen LogP contribution in [0.25, 0.3) is 0 Å². The average molecular weight is 519 g/mol. The highest BCUT2D eigenvalue weighted by Crippen LogP contribution is 2.43. The Kier molecular flexibility index (Phi) is 6.57. The Morgan fingerprint density at radius 1 is 1.11 bits per heavy atom. The molecule has 7 nitrogen and oxygen atoms in total. The summed E-state index contributed by atoms with van der Waals surface area (Å²) in [4.78, 5) is 0.360. The van der Waals surface area contributed by atoms with E-state index in [1.54, 1.807) is 6.07 Å². The van der Waals surface area contributed by atoms with Crippen LogP contribution in [0, 0.1) is 0 Å². The first-order valence-electron chi connectivity index (χ1n) is 12.7. The maximum absolute atomic E-state index is 12.3. The summed E-state index contributed by atoms with van der Waals surface area (Å²) in [5, 5.41) is 8.78. The van der Waals surface area contributed by atoms with E-state index in [2.05, 4.69) is 75.4 Å². The van der Waals surface area contributed by atoms with Crippen molar-refractivity contribution >= 4 is 29.8 Å². The minimum atomic E-state index is -3.41. The number of aromatic nitrogens is 2. The number of hydrogen-bond acceptors (Lipinski definition) is 5. The molecule has 9 heteroatoms. The summed E-state index contributed by atoms with van der Waals surface area (Å²) in [5.41, 5.74) is 2.54. The summed E-state index contributed by atoms with van der Waals surface area (Å²) in [5.74, 6) is 1.30. The van der Waals surface area contributed by atoms with Crippen molar-refractivity contribution in [1.82, 2.24) is 14.5 Å². The molecule has 35 heavy (non-hydrogen) atoms. The Bertz CT molecular complexity index is 1210. The fourth-order valence-electron chi connectivity index (χ4n) is 4.83. The van der Waals surface area contributed by atoms with E-state index >= 15 is 0 Å². The molecule has 0 bridgehead atoms. The molecule has 4 rings (SSSR count). The Labute approximate surface area is 212 Å². The van der Waals surface area contributed by atoms with Crippen molar-refractivity contribution in [3.05, 3.63) is 35.5 Å². The molecule has 1 unspecified atom stereocenters. The fourth-order valence-corrected chi connectivity index (χ4v) is 7.74. The normalized spacial score (nSPS) is 24.5. The lowest BCUT2D eigenvalue weighted by Gasteiger charge is -2.38. The van der Waals surface area contributed by atoms with Gasteiger partial charge in [0.1, 0.15) is 5.82 Å². The Morgan fingerprint density at radius 2 is 1.80 bits per heavy atom. The number of anilines is 2. The smallest absolute Gasteiger partial charge is 0.241 e. The van der Waals surface area contributed by atoms with Gasteiger partial charge in [-0.1, -0.05) is 20.8 Å². The van der Waals surface area contributed by atoms with Crippen LogP contribution in [0.5, 0.6) is 0 Å². The third kappa shape index (κ3) is 5.24. The second-order valence-electron chi connectivity index (χ2n) is 12.8. The highest BCUT2D eigenvalue weighted by molar-refractivity contribution is 7.89. The summed E-state index contributed by atoms with van der Waals surface area (Å²) in [6.07, 6.45) is 3.46. The predicted octanol–water partition coefficient (Wildman–Crippen LogP) is 6.39. The standard InChI is InChI=1S/C26H42N4O3SSi/c1-17-21-15-19(11-13-23(21)34(31,32)29-17)27-24-16-22(28-30(24)25(2,3)4)18-10-12-20(14-18)33-35(8,9)26(5,6)7/h11,13,15-18,20,27,29H,10,12,14H2,1-9H3/t17?,18-,20+/m0/s1. The summed E-state index contributed by atoms with van der Waals surface area (Å²) in [6, 6.07) is 7.36. The van der Waals surface area contributed by atoms with Crippen LogP contribution >= 0.6 is 0 Å². The number of fused-ring (bicyclic) bond motifs is 1. The van der Waals surface area contributed by atoms with E-state index in [4.69, 9.17) is 9.52 Å². The molecule has 3 atom stereocenters. The van der Waals surface area contributed by atoms with Gasteiger partial charge in [-0.25, -0.2) is 17.8 Å². The first-order valence-corrected chi connectivity index (χ1v) is 17.1. The van der Waals surface area contributed by atoms with Crippen LogP contribution in [0.2, 0.25) is 18.1 Å². The van der Waals surface area contributed by atoms with E-state index < -0.39 is 18.3 Å². The lowest BCUT2D eigenvalue weighted by molar-refractivity contribution is 0.186. The van der Waals surface area contributed by atoms with E-state index in [0.29, 0.717) is 16.9 Å². The molecule has 2 aromatic rings. The number of sulfonamides is 1. The van der Waals surface area contributed by atoms with Crippen LogP contribution in [0.15, 0.2) is 29.2 Å². The van der Waals surface area contributed by atoms with Crippen molar-refractivity contribution in [2.75, 3.05) is 5.32 Å². The molecule has 0 radical (unpaired) electrons. The number of benzene rings is 1. The van der Waals surface area contributed by atoms with E-state index in [1.807, 2.05) is 19.1 Å². The molecule has 1 aliphatic carbocycles. The van der Waals surface area contributed by atoms with Crippen molar-refractivity contribution in [2.24, 2.45) is 0 Å². The number of hydrogen-bond donors (Lipinski definition) is 2. The Balaban J connectivity index is 1.57. The van der Waals surface area contributed by atoms with Crippen molar-refractivity contribution in [2.45, 2.75) is 114 Å². The molecule has 1 aromatic heterocycles. The van der Waals surface area contributed by atoms with Crippen LogP contribution in [0.4, 0.5) is 11.5 Å². The second kappa shape index (κ2) is 8.71. The molecule has 0 saturated heterocycles. The van der Waals surface area contributed by atoms with Gasteiger partial charge in [0.05, 0.1) is 16.1 Å². The molecular weight excluding hydrogens is 476 g/mol. The van der Waals surface area contributed by atoms with Crippen LogP contribution in [-0.2, 0) is 20.0 Å². The molecule has 1 saturated carbocycles. The van der Waals surface area contributed by atoms with Crippen molar-refractivity contribution in [3.63, 3.8) is 0 Å². The molecule has 194 valence electrons. The zero-order valence-corrected chi connectivity index (χ0v) is 24.5. The lowest BCUT2D eigenvalue weighted by atomic mass is 10.0. The first kappa shape index (κ1) is 26.4. The Hall–Kier alpha value is -1.68. The minimum absolute atomic E-state index is 0.203. The van der Waals surface area contributed by atoms with Gasteiger partial charge in [0, 0.05) is 29.8 Å². The summed E-state index contributed by atoms with van der Waals surface area (Å²) in [6.45, 7) is 19.8. The molecule has 1 fully saturated rings. The van der Waals surface area contributed by atoms with E-state index in [1.165, 1.54) is 0 Å². The molecule has 0 amide bonds. The zero-order valence-electron chi connectivity index (χ0n) is 22.7. The predicted molar refractivity (Wildman–Crippen MR) is 144 cm³/mol. The van der Waals surface area contributed by atoms with Crippen LogP contribution in [-0.4, -0.2) is 32.6 Å². The fraction of sp³-hybridized carbons (Fsp3) is 0.654. The quantitative estimate of drug-likeness (QED) is 0.448. The number of rotatable bonds is 5. The van der Waals surface area contributed by atoms with Crippen molar-refractivity contribution < 1.29 is 12.8 Å². The minimum Gasteiger partial charge on any atom is -0.414 e. The van der Waals surface area contributed by atoms with Gasteiger partial charge in [-0.3, -0.25) is 0 Å². The van der Waals surface area contributed by atoms with E-state index in [0.717, 1.165) is 42.0 Å². The summed E-state index contributed by atoms with van der Waals surface area (Å²) in [7, 11) is -5.21. The molecule has 2 N–H and O–H groups in total. The first-order chi connectivity index (χ1) is 16.0. The van der Waals surface area contributed by atoms with Crippen molar-refractivity contribution in [3.8, 4) is 0 Å². The van der Waals surface area contributed by atoms with Gasteiger partial charge < -0.3 is 9.74 Å². The van der Waals surface area contributed by atoms with Crippen LogP contribution < -0.4 is 10.0 Å². The molecular formula is C26H42N4O3SSi. The topological polar surface area (TPSA) is 85.2 Å². The van der Waals surface area contributed by atoms with Gasteiger partial charge in [-0.2, -0.15) is 5.10 Å². The van der Waals surface area contributed by atoms with E-state index in [-0.39, 0.29) is 16.6 Å². The number of nitrogens with zero attached hydrogens (tertiary/aromatic N) is 2. The largest absolute Gasteiger partial charge is 0.414 e. The maximum atomic E-state index is 12.3. The van der Waals surface area contributed by atoms with Gasteiger partial charge in [0.25, 0.3) is 0 Å². The SMILES string of the molecule is CC1NS(=O)(=O)c2ccc(Nc3cc([C@H]4CC[C@@H](O[Si](C)(C)C(C)(C)C)C4)nn3C(C)(C)C)cc21. The van der Waals surface area contributed by atoms with Crippen LogP contribution in [0.1, 0.15) is 90.9 Å².